The number of amides is 1. The summed E-state index contributed by atoms with van der Waals surface area (Å²) in [6.07, 6.45) is 3.28. The zero-order chi connectivity index (χ0) is 16.4. The highest BCUT2D eigenvalue weighted by atomic mass is 16.6. The number of hydrogen-bond donors (Lipinski definition) is 1. The van der Waals surface area contributed by atoms with Crippen LogP contribution in [0.2, 0.25) is 0 Å². The van der Waals surface area contributed by atoms with Gasteiger partial charge in [0.1, 0.15) is 5.60 Å². The minimum absolute atomic E-state index is 0.209. The summed E-state index contributed by atoms with van der Waals surface area (Å²) in [5, 5.41) is 3.12. The van der Waals surface area contributed by atoms with Gasteiger partial charge in [-0.2, -0.15) is 0 Å². The summed E-state index contributed by atoms with van der Waals surface area (Å²) in [4.78, 5) is 14.7. The van der Waals surface area contributed by atoms with Gasteiger partial charge < -0.3 is 10.1 Å². The number of nitrogens with zero attached hydrogens (tertiary/aromatic N) is 1. The predicted octanol–water partition coefficient (Wildman–Crippen LogP) is 3.56. The van der Waals surface area contributed by atoms with E-state index >= 15 is 0 Å². The Kier molecular flexibility index (Phi) is 4.62. The van der Waals surface area contributed by atoms with Gasteiger partial charge in [0.25, 0.3) is 0 Å². The summed E-state index contributed by atoms with van der Waals surface area (Å²) in [5.74, 6) is 0.723. The standard InChI is InChI=1S/C19H28N2O2/c1-19(2,3)23-18(22)20-16-11-12-21(17(16)15-9-10-15)13-14-7-5-4-6-8-14/h4-8,15-17H,9-13H2,1-3H3,(H,20,22)/t16-,17+/m1/s1. The van der Waals surface area contributed by atoms with Crippen LogP contribution < -0.4 is 5.32 Å². The molecule has 1 aromatic rings. The Morgan fingerprint density at radius 2 is 1.91 bits per heavy atom. The van der Waals surface area contributed by atoms with Gasteiger partial charge in [-0.25, -0.2) is 4.79 Å². The van der Waals surface area contributed by atoms with Gasteiger partial charge in [0.2, 0.25) is 0 Å². The van der Waals surface area contributed by atoms with Crippen molar-refractivity contribution in [3.63, 3.8) is 0 Å². The fraction of sp³-hybridized carbons (Fsp3) is 0.632. The Morgan fingerprint density at radius 1 is 1.22 bits per heavy atom. The molecule has 23 heavy (non-hydrogen) atoms. The van der Waals surface area contributed by atoms with Crippen LogP contribution in [0.5, 0.6) is 0 Å². The summed E-state index contributed by atoms with van der Waals surface area (Å²) in [6.45, 7) is 7.72. The molecule has 1 aliphatic carbocycles. The molecule has 1 N–H and O–H groups in total. The third kappa shape index (κ3) is 4.47. The third-order valence-electron chi connectivity index (χ3n) is 4.60. The Balaban J connectivity index is 1.62. The smallest absolute Gasteiger partial charge is 0.407 e. The van der Waals surface area contributed by atoms with E-state index in [-0.39, 0.29) is 12.1 Å². The van der Waals surface area contributed by atoms with E-state index in [4.69, 9.17) is 4.74 Å². The average Bonchev–Trinajstić information content (AvgIpc) is 3.22. The molecule has 0 unspecified atom stereocenters. The maximum absolute atomic E-state index is 12.1. The molecular weight excluding hydrogens is 288 g/mol. The van der Waals surface area contributed by atoms with Crippen molar-refractivity contribution in [1.29, 1.82) is 0 Å². The fourth-order valence-electron chi connectivity index (χ4n) is 3.56. The van der Waals surface area contributed by atoms with Crippen molar-refractivity contribution in [2.75, 3.05) is 6.54 Å². The van der Waals surface area contributed by atoms with Crippen molar-refractivity contribution < 1.29 is 9.53 Å². The number of likely N-dealkylation sites (tertiary alicyclic amines) is 1. The summed E-state index contributed by atoms with van der Waals surface area (Å²) in [7, 11) is 0. The van der Waals surface area contributed by atoms with E-state index in [0.717, 1.165) is 25.4 Å². The Bertz CT molecular complexity index is 534. The number of rotatable bonds is 4. The zero-order valence-electron chi connectivity index (χ0n) is 14.4. The number of carbonyl (C=O) groups is 1. The van der Waals surface area contributed by atoms with E-state index in [1.165, 1.54) is 18.4 Å². The molecule has 1 saturated carbocycles. The van der Waals surface area contributed by atoms with Crippen molar-refractivity contribution in [2.24, 2.45) is 5.92 Å². The zero-order valence-corrected chi connectivity index (χ0v) is 14.4. The van der Waals surface area contributed by atoms with Crippen LogP contribution in [-0.4, -0.2) is 35.2 Å². The van der Waals surface area contributed by atoms with Gasteiger partial charge >= 0.3 is 6.09 Å². The van der Waals surface area contributed by atoms with Crippen molar-refractivity contribution in [3.8, 4) is 0 Å². The topological polar surface area (TPSA) is 41.6 Å². The lowest BCUT2D eigenvalue weighted by atomic mass is 10.0. The van der Waals surface area contributed by atoms with Gasteiger partial charge in [0.15, 0.2) is 0 Å². The molecule has 1 heterocycles. The fourth-order valence-corrected chi connectivity index (χ4v) is 3.56. The number of hydrogen-bond acceptors (Lipinski definition) is 3. The van der Waals surface area contributed by atoms with E-state index in [2.05, 4.69) is 40.5 Å². The van der Waals surface area contributed by atoms with Crippen LogP contribution in [0.15, 0.2) is 30.3 Å². The molecule has 1 aromatic carbocycles. The lowest BCUT2D eigenvalue weighted by Gasteiger charge is -2.29. The second-order valence-corrected chi connectivity index (χ2v) is 7.83. The number of carbonyl (C=O) groups excluding carboxylic acids is 1. The first-order valence-corrected chi connectivity index (χ1v) is 8.70. The van der Waals surface area contributed by atoms with Crippen LogP contribution in [0.3, 0.4) is 0 Å². The van der Waals surface area contributed by atoms with Crippen molar-refractivity contribution >= 4 is 6.09 Å². The predicted molar refractivity (Wildman–Crippen MR) is 91.1 cm³/mol. The highest BCUT2D eigenvalue weighted by Gasteiger charge is 2.44. The number of ether oxygens (including phenoxy) is 1. The molecule has 0 bridgehead atoms. The molecule has 2 aliphatic rings. The van der Waals surface area contributed by atoms with Gasteiger partial charge in [-0.3, -0.25) is 4.90 Å². The van der Waals surface area contributed by atoms with Crippen LogP contribution in [0.1, 0.15) is 45.6 Å². The van der Waals surface area contributed by atoms with Crippen LogP contribution in [0.4, 0.5) is 4.79 Å². The van der Waals surface area contributed by atoms with Crippen molar-refractivity contribution in [2.45, 2.75) is 64.3 Å². The SMILES string of the molecule is CC(C)(C)OC(=O)N[C@@H]1CCN(Cc2ccccc2)[C@H]1C1CC1. The molecule has 0 spiro atoms. The number of benzene rings is 1. The van der Waals surface area contributed by atoms with Gasteiger partial charge in [0, 0.05) is 25.2 Å². The average molecular weight is 316 g/mol. The molecule has 3 rings (SSSR count). The molecule has 1 amide bonds. The van der Waals surface area contributed by atoms with Crippen LogP contribution >= 0.6 is 0 Å². The Hall–Kier alpha value is -1.55. The summed E-state index contributed by atoms with van der Waals surface area (Å²) in [6, 6.07) is 11.3. The maximum Gasteiger partial charge on any atom is 0.407 e. The first-order valence-electron chi connectivity index (χ1n) is 8.70. The van der Waals surface area contributed by atoms with E-state index < -0.39 is 5.60 Å². The first-order chi connectivity index (χ1) is 10.9. The third-order valence-corrected chi connectivity index (χ3v) is 4.60. The minimum Gasteiger partial charge on any atom is -0.444 e. The van der Waals surface area contributed by atoms with Gasteiger partial charge in [-0.05, 0) is 51.5 Å². The summed E-state index contributed by atoms with van der Waals surface area (Å²) >= 11 is 0. The van der Waals surface area contributed by atoms with E-state index in [1.807, 2.05) is 20.8 Å². The lowest BCUT2D eigenvalue weighted by Crippen LogP contribution is -2.47. The highest BCUT2D eigenvalue weighted by molar-refractivity contribution is 5.68. The largest absolute Gasteiger partial charge is 0.444 e. The van der Waals surface area contributed by atoms with Gasteiger partial charge in [-0.15, -0.1) is 0 Å². The molecule has 0 aromatic heterocycles. The molecule has 126 valence electrons. The van der Waals surface area contributed by atoms with E-state index in [1.54, 1.807) is 0 Å². The summed E-state index contributed by atoms with van der Waals surface area (Å²) < 4.78 is 5.43. The quantitative estimate of drug-likeness (QED) is 0.923. The lowest BCUT2D eigenvalue weighted by molar-refractivity contribution is 0.0486. The second-order valence-electron chi connectivity index (χ2n) is 7.83. The summed E-state index contributed by atoms with van der Waals surface area (Å²) in [5.41, 5.74) is 0.901. The number of nitrogens with one attached hydrogen (secondary N) is 1. The molecular formula is C19H28N2O2. The molecule has 2 atom stereocenters. The van der Waals surface area contributed by atoms with Crippen LogP contribution in [-0.2, 0) is 11.3 Å². The minimum atomic E-state index is -0.443. The molecule has 1 aliphatic heterocycles. The van der Waals surface area contributed by atoms with Crippen LogP contribution in [0.25, 0.3) is 0 Å². The van der Waals surface area contributed by atoms with E-state index in [0.29, 0.717) is 6.04 Å². The van der Waals surface area contributed by atoms with Gasteiger partial charge in [0.05, 0.1) is 0 Å². The Labute approximate surface area is 139 Å². The second kappa shape index (κ2) is 6.52. The highest BCUT2D eigenvalue weighted by Crippen LogP contribution is 2.40. The monoisotopic (exact) mass is 316 g/mol. The van der Waals surface area contributed by atoms with Gasteiger partial charge in [-0.1, -0.05) is 30.3 Å². The first kappa shape index (κ1) is 16.3. The molecule has 4 heteroatoms. The van der Waals surface area contributed by atoms with Crippen molar-refractivity contribution in [3.05, 3.63) is 35.9 Å². The molecule has 1 saturated heterocycles. The number of alkyl carbamates (subject to hydrolysis) is 1. The molecule has 2 fully saturated rings. The molecule has 4 nitrogen and oxygen atoms in total. The Morgan fingerprint density at radius 3 is 2.52 bits per heavy atom. The van der Waals surface area contributed by atoms with E-state index in [9.17, 15) is 4.79 Å². The maximum atomic E-state index is 12.1. The normalized spacial score (nSPS) is 25.3. The van der Waals surface area contributed by atoms with Crippen LogP contribution in [0, 0.1) is 5.92 Å². The van der Waals surface area contributed by atoms with Crippen molar-refractivity contribution in [1.82, 2.24) is 10.2 Å². The molecule has 0 radical (unpaired) electrons.